The summed E-state index contributed by atoms with van der Waals surface area (Å²) in [5.41, 5.74) is 3.89. The Morgan fingerprint density at radius 2 is 1.74 bits per heavy atom. The zero-order valence-corrected chi connectivity index (χ0v) is 17.6. The highest BCUT2D eigenvalue weighted by Gasteiger charge is 2.24. The fourth-order valence-electron chi connectivity index (χ4n) is 4.21. The highest BCUT2D eigenvalue weighted by molar-refractivity contribution is 6.04. The molecule has 2 aromatic heterocycles. The number of nitrogens with zero attached hydrogens (tertiary/aromatic N) is 4. The molecule has 1 amide bonds. The normalized spacial score (nSPS) is 15.6. The van der Waals surface area contributed by atoms with Gasteiger partial charge in [0.05, 0.1) is 0 Å². The minimum atomic E-state index is -0.228. The largest absolute Gasteiger partial charge is 0.360 e. The quantitative estimate of drug-likeness (QED) is 0.639. The Hall–Kier alpha value is -3.42. The van der Waals surface area contributed by atoms with Crippen LogP contribution in [0, 0.1) is 6.92 Å². The summed E-state index contributed by atoms with van der Waals surface area (Å²) in [4.78, 5) is 24.1. The number of rotatable bonds is 5. The molecule has 1 aromatic carbocycles. The summed E-state index contributed by atoms with van der Waals surface area (Å²) in [7, 11) is 0. The molecule has 3 aromatic rings. The fraction of sp³-hybridized carbons (Fsp3) is 0.391. The summed E-state index contributed by atoms with van der Waals surface area (Å²) in [6, 6.07) is 9.50. The molecule has 1 fully saturated rings. The molecule has 0 unspecified atom stereocenters. The van der Waals surface area contributed by atoms with Crippen molar-refractivity contribution >= 4 is 29.0 Å². The second kappa shape index (κ2) is 8.37. The van der Waals surface area contributed by atoms with Crippen LogP contribution in [0.4, 0.5) is 23.1 Å². The first kappa shape index (κ1) is 19.5. The third kappa shape index (κ3) is 4.23. The van der Waals surface area contributed by atoms with Crippen LogP contribution in [0.15, 0.2) is 34.9 Å². The number of anilines is 4. The molecule has 0 atom stereocenters. The van der Waals surface area contributed by atoms with Crippen molar-refractivity contribution in [3.05, 3.63) is 53.0 Å². The van der Waals surface area contributed by atoms with Crippen LogP contribution in [0.1, 0.15) is 53.2 Å². The molecule has 1 aliphatic heterocycles. The number of carbonyl (C=O) groups is 1. The van der Waals surface area contributed by atoms with Gasteiger partial charge in [-0.05, 0) is 63.3 Å². The zero-order chi connectivity index (χ0) is 21.2. The maximum Gasteiger partial charge on any atom is 0.278 e. The Morgan fingerprint density at radius 1 is 1.00 bits per heavy atom. The fourth-order valence-corrected chi connectivity index (χ4v) is 4.21. The van der Waals surface area contributed by atoms with Crippen molar-refractivity contribution in [3.8, 4) is 0 Å². The molecule has 3 heterocycles. The molecular formula is C23H26N6O2. The number of amides is 1. The Balaban J connectivity index is 1.26. The smallest absolute Gasteiger partial charge is 0.278 e. The number of fused-ring (bicyclic) bond motifs is 1. The van der Waals surface area contributed by atoms with Crippen LogP contribution < -0.4 is 15.5 Å². The van der Waals surface area contributed by atoms with E-state index in [4.69, 9.17) is 4.52 Å². The number of hydrogen-bond donors (Lipinski definition) is 2. The number of benzene rings is 1. The van der Waals surface area contributed by atoms with Crippen molar-refractivity contribution in [2.24, 2.45) is 0 Å². The Morgan fingerprint density at radius 3 is 2.55 bits per heavy atom. The lowest BCUT2D eigenvalue weighted by Crippen LogP contribution is -2.21. The Bertz CT molecular complexity index is 1090. The van der Waals surface area contributed by atoms with Crippen LogP contribution in [0.25, 0.3) is 0 Å². The molecule has 0 radical (unpaired) electrons. The lowest BCUT2D eigenvalue weighted by molar-refractivity contribution is 0.101. The summed E-state index contributed by atoms with van der Waals surface area (Å²) in [5.74, 6) is 2.17. The molecule has 0 spiro atoms. The molecule has 8 heteroatoms. The van der Waals surface area contributed by atoms with Gasteiger partial charge in [0.2, 0.25) is 5.95 Å². The molecule has 2 N–H and O–H groups in total. The maximum atomic E-state index is 12.7. The van der Waals surface area contributed by atoms with E-state index in [1.165, 1.54) is 12.8 Å². The standard InChI is InChI=1S/C23H26N6O2/c1-15-14-20(27-23(24-15)29-12-4-5-13-29)25-16-8-10-17(11-9-16)26-22(30)21-18-6-2-3-7-19(18)31-28-21/h8-11,14H,2-7,12-13H2,1H3,(H,26,30)(H,24,25,27). The Kier molecular flexibility index (Phi) is 5.28. The van der Waals surface area contributed by atoms with Gasteiger partial charge in [-0.25, -0.2) is 4.98 Å². The van der Waals surface area contributed by atoms with E-state index in [2.05, 4.69) is 30.7 Å². The molecular weight excluding hydrogens is 392 g/mol. The summed E-state index contributed by atoms with van der Waals surface area (Å²) in [5, 5.41) is 10.3. The first-order valence-electron chi connectivity index (χ1n) is 10.9. The van der Waals surface area contributed by atoms with Crippen LogP contribution in [-0.4, -0.2) is 34.1 Å². The van der Waals surface area contributed by atoms with Crippen LogP contribution in [0.2, 0.25) is 0 Å². The van der Waals surface area contributed by atoms with Gasteiger partial charge >= 0.3 is 0 Å². The highest BCUT2D eigenvalue weighted by Crippen LogP contribution is 2.26. The van der Waals surface area contributed by atoms with Crippen molar-refractivity contribution < 1.29 is 9.32 Å². The molecule has 160 valence electrons. The average molecular weight is 419 g/mol. The number of aromatic nitrogens is 3. The number of carbonyl (C=O) groups excluding carboxylic acids is 1. The van der Waals surface area contributed by atoms with Gasteiger partial charge in [-0.1, -0.05) is 5.16 Å². The summed E-state index contributed by atoms with van der Waals surface area (Å²) < 4.78 is 5.35. The second-order valence-electron chi connectivity index (χ2n) is 8.19. The van der Waals surface area contributed by atoms with Crippen molar-refractivity contribution in [2.75, 3.05) is 28.6 Å². The average Bonchev–Trinajstić information content (AvgIpc) is 3.45. The molecule has 5 rings (SSSR count). The molecule has 8 nitrogen and oxygen atoms in total. The van der Waals surface area contributed by atoms with Gasteiger partial charge in [-0.15, -0.1) is 0 Å². The molecule has 0 bridgehead atoms. The first-order valence-corrected chi connectivity index (χ1v) is 10.9. The molecule has 1 saturated heterocycles. The third-order valence-electron chi connectivity index (χ3n) is 5.81. The highest BCUT2D eigenvalue weighted by atomic mass is 16.5. The second-order valence-corrected chi connectivity index (χ2v) is 8.19. The number of aryl methyl sites for hydroxylation is 2. The summed E-state index contributed by atoms with van der Waals surface area (Å²) >= 11 is 0. The summed E-state index contributed by atoms with van der Waals surface area (Å²) in [6.07, 6.45) is 6.23. The van der Waals surface area contributed by atoms with Crippen molar-refractivity contribution in [2.45, 2.75) is 45.4 Å². The van der Waals surface area contributed by atoms with Crippen LogP contribution in [0.3, 0.4) is 0 Å². The van der Waals surface area contributed by atoms with Gasteiger partial charge in [0.1, 0.15) is 11.6 Å². The SMILES string of the molecule is Cc1cc(Nc2ccc(NC(=O)c3noc4c3CCCC4)cc2)nc(N2CCCC2)n1. The van der Waals surface area contributed by atoms with E-state index in [0.29, 0.717) is 11.4 Å². The van der Waals surface area contributed by atoms with E-state index in [1.54, 1.807) is 0 Å². The van der Waals surface area contributed by atoms with E-state index in [0.717, 1.165) is 73.2 Å². The van der Waals surface area contributed by atoms with Gasteiger partial charge in [0.25, 0.3) is 5.91 Å². The van der Waals surface area contributed by atoms with E-state index >= 15 is 0 Å². The Labute approximate surface area is 181 Å². The number of hydrogen-bond acceptors (Lipinski definition) is 7. The van der Waals surface area contributed by atoms with Gasteiger partial charge in [-0.2, -0.15) is 4.98 Å². The summed E-state index contributed by atoms with van der Waals surface area (Å²) in [6.45, 7) is 3.99. The van der Waals surface area contributed by atoms with Crippen LogP contribution in [0.5, 0.6) is 0 Å². The predicted octanol–water partition coefficient (Wildman–Crippen LogP) is 4.25. The zero-order valence-electron chi connectivity index (χ0n) is 17.6. The van der Waals surface area contributed by atoms with Gasteiger partial charge < -0.3 is 20.1 Å². The topological polar surface area (TPSA) is 96.2 Å². The predicted molar refractivity (Wildman–Crippen MR) is 119 cm³/mol. The van der Waals surface area contributed by atoms with Crippen molar-refractivity contribution in [1.82, 2.24) is 15.1 Å². The van der Waals surface area contributed by atoms with E-state index in [-0.39, 0.29) is 5.91 Å². The monoisotopic (exact) mass is 418 g/mol. The molecule has 2 aliphatic rings. The minimum absolute atomic E-state index is 0.228. The first-order chi connectivity index (χ1) is 15.2. The van der Waals surface area contributed by atoms with Crippen LogP contribution in [-0.2, 0) is 12.8 Å². The molecule has 31 heavy (non-hydrogen) atoms. The molecule has 0 saturated carbocycles. The lowest BCUT2D eigenvalue weighted by atomic mass is 9.96. The minimum Gasteiger partial charge on any atom is -0.360 e. The van der Waals surface area contributed by atoms with Gasteiger partial charge in [0, 0.05) is 48.2 Å². The lowest BCUT2D eigenvalue weighted by Gasteiger charge is -2.17. The van der Waals surface area contributed by atoms with E-state index in [1.807, 2.05) is 37.3 Å². The van der Waals surface area contributed by atoms with Gasteiger partial charge in [-0.3, -0.25) is 4.79 Å². The van der Waals surface area contributed by atoms with Gasteiger partial charge in [0.15, 0.2) is 5.69 Å². The van der Waals surface area contributed by atoms with E-state index in [9.17, 15) is 4.79 Å². The van der Waals surface area contributed by atoms with Crippen molar-refractivity contribution in [3.63, 3.8) is 0 Å². The molecule has 1 aliphatic carbocycles. The van der Waals surface area contributed by atoms with E-state index < -0.39 is 0 Å². The third-order valence-corrected chi connectivity index (χ3v) is 5.81. The van der Waals surface area contributed by atoms with Crippen molar-refractivity contribution in [1.29, 1.82) is 0 Å². The maximum absolute atomic E-state index is 12.7. The van der Waals surface area contributed by atoms with Crippen LogP contribution >= 0.6 is 0 Å². The number of nitrogens with one attached hydrogen (secondary N) is 2.